The van der Waals surface area contributed by atoms with Crippen molar-refractivity contribution in [2.24, 2.45) is 0 Å². The van der Waals surface area contributed by atoms with Gasteiger partial charge in [-0.1, -0.05) is 48.0 Å². The quantitative estimate of drug-likeness (QED) is 0.886. The molecule has 4 nitrogen and oxygen atoms in total. The Hall–Kier alpha value is -2.04. The number of halogens is 1. The molecule has 1 heterocycles. The van der Waals surface area contributed by atoms with Gasteiger partial charge >= 0.3 is 0 Å². The molecule has 1 unspecified atom stereocenters. The van der Waals surface area contributed by atoms with Gasteiger partial charge in [0.2, 0.25) is 0 Å². The highest BCUT2D eigenvalue weighted by Gasteiger charge is 2.17. The Labute approximate surface area is 140 Å². The van der Waals surface area contributed by atoms with Gasteiger partial charge < -0.3 is 15.4 Å². The zero-order valence-corrected chi connectivity index (χ0v) is 13.5. The number of carbonyl (C=O) groups excluding carboxylic acids is 1. The lowest BCUT2D eigenvalue weighted by Gasteiger charge is -2.13. The van der Waals surface area contributed by atoms with E-state index in [4.69, 9.17) is 16.3 Å². The maximum Gasteiger partial charge on any atom is 0.258 e. The Bertz CT molecular complexity index is 670. The van der Waals surface area contributed by atoms with Crippen molar-refractivity contribution < 1.29 is 9.53 Å². The van der Waals surface area contributed by atoms with Crippen molar-refractivity contribution in [3.05, 3.63) is 53.6 Å². The van der Waals surface area contributed by atoms with Crippen LogP contribution in [0.5, 0.6) is 5.75 Å². The lowest BCUT2D eigenvalue weighted by Crippen LogP contribution is -2.39. The van der Waals surface area contributed by atoms with E-state index in [1.54, 1.807) is 6.07 Å². The van der Waals surface area contributed by atoms with E-state index in [1.807, 2.05) is 42.5 Å². The zero-order valence-electron chi connectivity index (χ0n) is 12.7. The van der Waals surface area contributed by atoms with Crippen molar-refractivity contribution >= 4 is 17.5 Å². The third kappa shape index (κ3) is 4.24. The van der Waals surface area contributed by atoms with Crippen LogP contribution in [0.3, 0.4) is 0 Å². The number of carbonyl (C=O) groups is 1. The van der Waals surface area contributed by atoms with Gasteiger partial charge in [-0.15, -0.1) is 0 Å². The normalized spacial score (nSPS) is 17.0. The van der Waals surface area contributed by atoms with Gasteiger partial charge in [0.05, 0.1) is 5.02 Å². The molecule has 120 valence electrons. The van der Waals surface area contributed by atoms with Crippen molar-refractivity contribution in [3.63, 3.8) is 0 Å². The van der Waals surface area contributed by atoms with E-state index in [-0.39, 0.29) is 18.6 Å². The second kappa shape index (κ2) is 7.49. The van der Waals surface area contributed by atoms with Crippen LogP contribution in [0, 0.1) is 0 Å². The molecule has 5 heteroatoms. The average molecular weight is 331 g/mol. The molecular formula is C18H19ClN2O2. The summed E-state index contributed by atoms with van der Waals surface area (Å²) in [6.45, 7) is 1.73. The third-order valence-corrected chi connectivity index (χ3v) is 4.12. The van der Waals surface area contributed by atoms with Crippen LogP contribution in [-0.2, 0) is 4.79 Å². The number of nitrogens with one attached hydrogen (secondary N) is 2. The van der Waals surface area contributed by atoms with Crippen molar-refractivity contribution in [1.29, 1.82) is 0 Å². The SMILES string of the molecule is O=C(COc1ccc(-c2ccccc2)cc1Cl)NC1CCNC1. The van der Waals surface area contributed by atoms with Crippen molar-refractivity contribution in [2.45, 2.75) is 12.5 Å². The van der Waals surface area contributed by atoms with E-state index >= 15 is 0 Å². The number of hydrogen-bond acceptors (Lipinski definition) is 3. The summed E-state index contributed by atoms with van der Waals surface area (Å²) < 4.78 is 5.54. The van der Waals surface area contributed by atoms with Crippen LogP contribution in [0.15, 0.2) is 48.5 Å². The van der Waals surface area contributed by atoms with Gasteiger partial charge in [-0.3, -0.25) is 4.79 Å². The monoisotopic (exact) mass is 330 g/mol. The number of hydrogen-bond donors (Lipinski definition) is 2. The summed E-state index contributed by atoms with van der Waals surface area (Å²) in [6.07, 6.45) is 0.957. The molecule has 1 saturated heterocycles. The van der Waals surface area contributed by atoms with E-state index in [0.29, 0.717) is 10.8 Å². The van der Waals surface area contributed by atoms with Crippen LogP contribution in [0.2, 0.25) is 5.02 Å². The Kier molecular flexibility index (Phi) is 5.16. The first-order valence-corrected chi connectivity index (χ1v) is 8.08. The first-order valence-electron chi connectivity index (χ1n) is 7.70. The molecule has 0 spiro atoms. The topological polar surface area (TPSA) is 50.4 Å². The highest BCUT2D eigenvalue weighted by Crippen LogP contribution is 2.30. The molecule has 0 saturated carbocycles. The molecule has 2 aromatic carbocycles. The molecule has 1 amide bonds. The van der Waals surface area contributed by atoms with Gasteiger partial charge in [0.25, 0.3) is 5.91 Å². The van der Waals surface area contributed by atoms with Gasteiger partial charge in [0.15, 0.2) is 6.61 Å². The van der Waals surface area contributed by atoms with Crippen LogP contribution in [0.25, 0.3) is 11.1 Å². The predicted octanol–water partition coefficient (Wildman–Crippen LogP) is 2.86. The minimum atomic E-state index is -0.123. The molecule has 1 aliphatic heterocycles. The molecule has 2 aromatic rings. The van der Waals surface area contributed by atoms with Crippen molar-refractivity contribution in [2.75, 3.05) is 19.7 Å². The number of amides is 1. The molecular weight excluding hydrogens is 312 g/mol. The van der Waals surface area contributed by atoms with E-state index in [1.165, 1.54) is 0 Å². The van der Waals surface area contributed by atoms with Crippen LogP contribution >= 0.6 is 11.6 Å². The molecule has 0 aromatic heterocycles. The fourth-order valence-electron chi connectivity index (χ4n) is 2.62. The molecule has 1 fully saturated rings. The van der Waals surface area contributed by atoms with Gasteiger partial charge in [-0.05, 0) is 36.2 Å². The highest BCUT2D eigenvalue weighted by atomic mass is 35.5. The molecule has 0 aliphatic carbocycles. The molecule has 3 rings (SSSR count). The predicted molar refractivity (Wildman–Crippen MR) is 91.8 cm³/mol. The maximum atomic E-state index is 11.9. The summed E-state index contributed by atoms with van der Waals surface area (Å²) >= 11 is 6.27. The Morgan fingerprint density at radius 2 is 2.04 bits per heavy atom. The summed E-state index contributed by atoms with van der Waals surface area (Å²) in [5.74, 6) is 0.396. The Balaban J connectivity index is 1.59. The molecule has 0 radical (unpaired) electrons. The fourth-order valence-corrected chi connectivity index (χ4v) is 2.85. The van der Waals surface area contributed by atoms with Gasteiger partial charge in [0.1, 0.15) is 5.75 Å². The van der Waals surface area contributed by atoms with Gasteiger partial charge in [-0.2, -0.15) is 0 Å². The molecule has 1 aliphatic rings. The fraction of sp³-hybridized carbons (Fsp3) is 0.278. The first kappa shape index (κ1) is 15.8. The number of benzene rings is 2. The van der Waals surface area contributed by atoms with Crippen LogP contribution < -0.4 is 15.4 Å². The number of rotatable bonds is 5. The van der Waals surface area contributed by atoms with Gasteiger partial charge in [0, 0.05) is 12.6 Å². The van der Waals surface area contributed by atoms with Crippen LogP contribution in [-0.4, -0.2) is 31.6 Å². The summed E-state index contributed by atoms with van der Waals surface area (Å²) in [5, 5.41) is 6.64. The number of ether oxygens (including phenoxy) is 1. The first-order chi connectivity index (χ1) is 11.2. The highest BCUT2D eigenvalue weighted by molar-refractivity contribution is 6.32. The minimum absolute atomic E-state index is 0.0269. The van der Waals surface area contributed by atoms with Crippen molar-refractivity contribution in [1.82, 2.24) is 10.6 Å². The second-order valence-corrected chi connectivity index (χ2v) is 5.96. The Morgan fingerprint density at radius 1 is 1.22 bits per heavy atom. The smallest absolute Gasteiger partial charge is 0.258 e. The molecule has 2 N–H and O–H groups in total. The minimum Gasteiger partial charge on any atom is -0.482 e. The largest absolute Gasteiger partial charge is 0.482 e. The van der Waals surface area contributed by atoms with E-state index in [9.17, 15) is 4.79 Å². The van der Waals surface area contributed by atoms with Crippen molar-refractivity contribution in [3.8, 4) is 16.9 Å². The lowest BCUT2D eigenvalue weighted by atomic mass is 10.1. The maximum absolute atomic E-state index is 11.9. The molecule has 0 bridgehead atoms. The van der Waals surface area contributed by atoms with E-state index in [0.717, 1.165) is 30.6 Å². The summed E-state index contributed by atoms with van der Waals surface area (Å²) in [5.41, 5.74) is 2.11. The van der Waals surface area contributed by atoms with Crippen LogP contribution in [0.4, 0.5) is 0 Å². The zero-order chi connectivity index (χ0) is 16.1. The van der Waals surface area contributed by atoms with E-state index in [2.05, 4.69) is 10.6 Å². The standard InChI is InChI=1S/C18H19ClN2O2/c19-16-10-14(13-4-2-1-3-5-13)6-7-17(16)23-12-18(22)21-15-8-9-20-11-15/h1-7,10,15,20H,8-9,11-12H2,(H,21,22). The lowest BCUT2D eigenvalue weighted by molar-refractivity contribution is -0.123. The van der Waals surface area contributed by atoms with Gasteiger partial charge in [-0.25, -0.2) is 0 Å². The summed E-state index contributed by atoms with van der Waals surface area (Å²) in [7, 11) is 0. The summed E-state index contributed by atoms with van der Waals surface area (Å²) in [4.78, 5) is 11.9. The van der Waals surface area contributed by atoms with Crippen LogP contribution in [0.1, 0.15) is 6.42 Å². The average Bonchev–Trinajstić information content (AvgIpc) is 3.07. The molecule has 23 heavy (non-hydrogen) atoms. The Morgan fingerprint density at radius 3 is 2.74 bits per heavy atom. The van der Waals surface area contributed by atoms with E-state index < -0.39 is 0 Å². The second-order valence-electron chi connectivity index (χ2n) is 5.56. The summed E-state index contributed by atoms with van der Waals surface area (Å²) in [6, 6.07) is 15.8. The molecule has 1 atom stereocenters. The third-order valence-electron chi connectivity index (χ3n) is 3.82.